The lowest BCUT2D eigenvalue weighted by Gasteiger charge is -2.35. The fourth-order valence-electron chi connectivity index (χ4n) is 4.18. The molecular formula is C22H21N3O5. The Labute approximate surface area is 173 Å². The molecule has 1 unspecified atom stereocenters. The lowest BCUT2D eigenvalue weighted by atomic mass is 10.1. The minimum Gasteiger partial charge on any atom is -0.454 e. The Morgan fingerprint density at radius 2 is 1.80 bits per heavy atom. The molecule has 0 saturated carbocycles. The van der Waals surface area contributed by atoms with Gasteiger partial charge in [-0.2, -0.15) is 0 Å². The summed E-state index contributed by atoms with van der Waals surface area (Å²) in [5.74, 6) is 1.19. The number of ketones is 1. The number of nitrogens with zero attached hydrogens (tertiary/aromatic N) is 3. The molecule has 2 saturated heterocycles. The van der Waals surface area contributed by atoms with E-state index in [1.165, 1.54) is 11.8 Å². The summed E-state index contributed by atoms with van der Waals surface area (Å²) in [7, 11) is 0. The van der Waals surface area contributed by atoms with Crippen molar-refractivity contribution in [1.82, 2.24) is 9.80 Å². The zero-order chi connectivity index (χ0) is 20.8. The van der Waals surface area contributed by atoms with E-state index in [2.05, 4.69) is 4.90 Å². The van der Waals surface area contributed by atoms with Gasteiger partial charge in [0.05, 0.1) is 5.69 Å². The molecule has 8 heteroatoms. The number of hydrogen-bond acceptors (Lipinski definition) is 6. The summed E-state index contributed by atoms with van der Waals surface area (Å²) in [5.41, 5.74) is 2.11. The normalized spacial score (nSPS) is 20.6. The molecule has 1 atom stereocenters. The Bertz CT molecular complexity index is 1040. The van der Waals surface area contributed by atoms with Crippen LogP contribution in [0.25, 0.3) is 0 Å². The number of carbonyl (C=O) groups excluding carboxylic acids is 3. The van der Waals surface area contributed by atoms with Crippen molar-refractivity contribution >= 4 is 23.4 Å². The number of anilines is 1. The van der Waals surface area contributed by atoms with Gasteiger partial charge in [-0.05, 0) is 48.9 Å². The molecule has 0 radical (unpaired) electrons. The van der Waals surface area contributed by atoms with Crippen LogP contribution < -0.4 is 14.4 Å². The summed E-state index contributed by atoms with van der Waals surface area (Å²) in [6.45, 7) is 4.02. The Balaban J connectivity index is 1.31. The number of urea groups is 1. The highest BCUT2D eigenvalue weighted by Crippen LogP contribution is 2.33. The van der Waals surface area contributed by atoms with Gasteiger partial charge in [-0.1, -0.05) is 6.07 Å². The van der Waals surface area contributed by atoms with Crippen LogP contribution in [0.1, 0.15) is 22.8 Å². The maximum Gasteiger partial charge on any atom is 0.332 e. The quantitative estimate of drug-likeness (QED) is 0.572. The van der Waals surface area contributed by atoms with Crippen molar-refractivity contribution in [2.24, 2.45) is 0 Å². The predicted molar refractivity (Wildman–Crippen MR) is 108 cm³/mol. The molecule has 3 heterocycles. The van der Waals surface area contributed by atoms with Crippen molar-refractivity contribution in [1.29, 1.82) is 0 Å². The molecule has 0 aliphatic carbocycles. The first-order chi connectivity index (χ1) is 14.5. The number of rotatable bonds is 4. The van der Waals surface area contributed by atoms with Crippen LogP contribution in [-0.2, 0) is 11.3 Å². The third-order valence-electron chi connectivity index (χ3n) is 5.78. The number of carbonyl (C=O) groups is 3. The number of ether oxygens (including phenoxy) is 2. The highest BCUT2D eigenvalue weighted by Gasteiger charge is 2.48. The van der Waals surface area contributed by atoms with Crippen LogP contribution >= 0.6 is 0 Å². The van der Waals surface area contributed by atoms with Crippen molar-refractivity contribution in [3.8, 4) is 11.5 Å². The smallest absolute Gasteiger partial charge is 0.332 e. The first-order valence-electron chi connectivity index (χ1n) is 9.88. The third kappa shape index (κ3) is 3.09. The number of piperazine rings is 1. The molecule has 0 aromatic heterocycles. The number of amides is 3. The second kappa shape index (κ2) is 7.14. The van der Waals surface area contributed by atoms with Crippen molar-refractivity contribution in [3.63, 3.8) is 0 Å². The van der Waals surface area contributed by atoms with E-state index in [1.807, 2.05) is 18.2 Å². The molecule has 2 aromatic carbocycles. The minimum absolute atomic E-state index is 0.0581. The van der Waals surface area contributed by atoms with Gasteiger partial charge in [-0.3, -0.25) is 14.5 Å². The van der Waals surface area contributed by atoms with E-state index < -0.39 is 6.04 Å². The molecule has 3 amide bonds. The molecule has 0 spiro atoms. The van der Waals surface area contributed by atoms with Gasteiger partial charge in [0.15, 0.2) is 17.3 Å². The molecule has 154 valence electrons. The van der Waals surface area contributed by atoms with Gasteiger partial charge in [0.1, 0.15) is 6.04 Å². The van der Waals surface area contributed by atoms with E-state index in [9.17, 15) is 14.4 Å². The summed E-state index contributed by atoms with van der Waals surface area (Å²) >= 11 is 0. The topological polar surface area (TPSA) is 79.4 Å². The van der Waals surface area contributed by atoms with E-state index in [0.717, 1.165) is 17.1 Å². The molecule has 5 rings (SSSR count). The van der Waals surface area contributed by atoms with E-state index in [-0.39, 0.29) is 24.5 Å². The van der Waals surface area contributed by atoms with E-state index >= 15 is 0 Å². The van der Waals surface area contributed by atoms with Crippen molar-refractivity contribution in [2.75, 3.05) is 31.3 Å². The zero-order valence-corrected chi connectivity index (χ0v) is 16.5. The maximum atomic E-state index is 13.1. The molecule has 8 nitrogen and oxygen atoms in total. The predicted octanol–water partition coefficient (Wildman–Crippen LogP) is 2.27. The number of fused-ring (bicyclic) bond motifs is 2. The van der Waals surface area contributed by atoms with Gasteiger partial charge in [0.25, 0.3) is 5.91 Å². The average molecular weight is 407 g/mol. The first kappa shape index (κ1) is 18.6. The summed E-state index contributed by atoms with van der Waals surface area (Å²) in [4.78, 5) is 42.4. The van der Waals surface area contributed by atoms with Gasteiger partial charge in [0.2, 0.25) is 6.79 Å². The Morgan fingerprint density at radius 3 is 2.57 bits per heavy atom. The molecule has 2 aromatic rings. The Hall–Kier alpha value is -3.39. The number of hydrogen-bond donors (Lipinski definition) is 0. The number of benzene rings is 2. The number of Topliss-reactive ketones (excluding diaryl/α,β-unsaturated/α-hetero) is 1. The minimum atomic E-state index is -0.507. The summed E-state index contributed by atoms with van der Waals surface area (Å²) in [5, 5.41) is 0. The highest BCUT2D eigenvalue weighted by atomic mass is 16.7. The lowest BCUT2D eigenvalue weighted by molar-refractivity contribution is -0.121. The van der Waals surface area contributed by atoms with E-state index in [4.69, 9.17) is 9.47 Å². The second-order valence-corrected chi connectivity index (χ2v) is 7.69. The lowest BCUT2D eigenvalue weighted by Crippen LogP contribution is -2.52. The van der Waals surface area contributed by atoms with Crippen LogP contribution in [0.2, 0.25) is 0 Å². The van der Waals surface area contributed by atoms with Crippen LogP contribution in [0.4, 0.5) is 10.5 Å². The van der Waals surface area contributed by atoms with Crippen molar-refractivity contribution in [3.05, 3.63) is 53.6 Å². The Kier molecular flexibility index (Phi) is 4.43. The van der Waals surface area contributed by atoms with Gasteiger partial charge >= 0.3 is 6.03 Å². The first-order valence-corrected chi connectivity index (χ1v) is 9.88. The van der Waals surface area contributed by atoms with Gasteiger partial charge in [-0.15, -0.1) is 0 Å². The summed E-state index contributed by atoms with van der Waals surface area (Å²) in [6, 6.07) is 11.6. The second-order valence-electron chi connectivity index (χ2n) is 7.69. The van der Waals surface area contributed by atoms with E-state index in [1.54, 1.807) is 29.2 Å². The van der Waals surface area contributed by atoms with Crippen LogP contribution in [0, 0.1) is 0 Å². The van der Waals surface area contributed by atoms with Crippen LogP contribution in [-0.4, -0.2) is 60.0 Å². The Morgan fingerprint density at radius 1 is 1.03 bits per heavy atom. The van der Waals surface area contributed by atoms with Gasteiger partial charge in [-0.25, -0.2) is 9.69 Å². The van der Waals surface area contributed by atoms with Crippen molar-refractivity contribution < 1.29 is 23.9 Å². The molecule has 30 heavy (non-hydrogen) atoms. The number of imide groups is 1. The van der Waals surface area contributed by atoms with Crippen LogP contribution in [0.5, 0.6) is 11.5 Å². The SMILES string of the molecule is CC(=O)c1ccc(N2C(=O)C3CN(Cc4ccc5c(c4)OCO5)CCN3C2=O)cc1. The molecule has 2 fully saturated rings. The monoisotopic (exact) mass is 407 g/mol. The summed E-state index contributed by atoms with van der Waals surface area (Å²) < 4.78 is 10.8. The third-order valence-corrected chi connectivity index (χ3v) is 5.78. The van der Waals surface area contributed by atoms with Crippen LogP contribution in [0.3, 0.4) is 0 Å². The molecular weight excluding hydrogens is 386 g/mol. The van der Waals surface area contributed by atoms with Gasteiger partial charge in [0, 0.05) is 31.7 Å². The van der Waals surface area contributed by atoms with Crippen LogP contribution in [0.15, 0.2) is 42.5 Å². The van der Waals surface area contributed by atoms with Crippen molar-refractivity contribution in [2.45, 2.75) is 19.5 Å². The fourth-order valence-corrected chi connectivity index (χ4v) is 4.18. The summed E-state index contributed by atoms with van der Waals surface area (Å²) in [6.07, 6.45) is 0. The highest BCUT2D eigenvalue weighted by molar-refractivity contribution is 6.21. The molecule has 0 bridgehead atoms. The molecule has 3 aliphatic heterocycles. The van der Waals surface area contributed by atoms with Gasteiger partial charge < -0.3 is 14.4 Å². The molecule has 3 aliphatic rings. The largest absolute Gasteiger partial charge is 0.454 e. The zero-order valence-electron chi connectivity index (χ0n) is 16.5. The fraction of sp³-hybridized carbons (Fsp3) is 0.318. The average Bonchev–Trinajstić information content (AvgIpc) is 3.30. The molecule has 0 N–H and O–H groups in total. The maximum absolute atomic E-state index is 13.1. The standard InChI is InChI=1S/C22H21N3O5/c1-14(26)16-3-5-17(6-4-16)25-21(27)18-12-23(8-9-24(18)22(25)28)11-15-2-7-19-20(10-15)30-13-29-19/h2-7,10,18H,8-9,11-13H2,1H3. The van der Waals surface area contributed by atoms with E-state index in [0.29, 0.717) is 37.4 Å².